The third kappa shape index (κ3) is 8.75. The summed E-state index contributed by atoms with van der Waals surface area (Å²) >= 11 is 0. The summed E-state index contributed by atoms with van der Waals surface area (Å²) in [5, 5.41) is 12.1. The summed E-state index contributed by atoms with van der Waals surface area (Å²) in [5.74, 6) is 0. The molecule has 5 aromatic carbocycles. The van der Waals surface area contributed by atoms with Gasteiger partial charge >= 0.3 is 0 Å². The minimum absolute atomic E-state index is 0. The van der Waals surface area contributed by atoms with Crippen LogP contribution >= 0.6 is 0 Å². The van der Waals surface area contributed by atoms with E-state index >= 15 is 0 Å². The topological polar surface area (TPSA) is 62.7 Å². The first kappa shape index (κ1) is 42.0. The van der Waals surface area contributed by atoms with Gasteiger partial charge in [-0.2, -0.15) is 5.26 Å². The van der Waals surface area contributed by atoms with E-state index in [0.29, 0.717) is 11.1 Å². The summed E-state index contributed by atoms with van der Waals surface area (Å²) in [6.07, 6.45) is 3.76. The number of fused-ring (bicyclic) bond motifs is 3. The van der Waals surface area contributed by atoms with Crippen molar-refractivity contribution >= 4 is 21.9 Å². The molecule has 0 N–H and O–H groups in total. The third-order valence-corrected chi connectivity index (χ3v) is 10.4. The first-order valence-corrected chi connectivity index (χ1v) is 19.5. The van der Waals surface area contributed by atoms with E-state index in [4.69, 9.17) is 4.42 Å². The van der Waals surface area contributed by atoms with Crippen LogP contribution in [0, 0.1) is 23.5 Å². The zero-order valence-electron chi connectivity index (χ0n) is 34.8. The van der Waals surface area contributed by atoms with Gasteiger partial charge < -0.3 is 14.4 Å². The standard InChI is InChI=1S/C34H25N2O.C19H24N.Ir/c1-34(2,3)28-19-18-26(29-11-7-8-20-36-29)32-31(28)27-17-16-25(21-35)30(33(27)37-32)24-14-12-23(13-15-24)22-9-5-4-6-10-22;1-18(2,3)15-9-7-8-14(12-15)17-11-10-16(13-20-17)19(4,5)6;/h4-17,19-20H,1-3H3;7,9-13H,1-6H3;/q2*-1;. The molecular formula is C53H49IrN3O-2. The molecule has 0 fully saturated rings. The Morgan fingerprint density at radius 1 is 0.603 bits per heavy atom. The number of nitrogens with zero attached hydrogens (tertiary/aromatic N) is 3. The Labute approximate surface area is 357 Å². The van der Waals surface area contributed by atoms with Gasteiger partial charge in [0, 0.05) is 43.4 Å². The van der Waals surface area contributed by atoms with Crippen molar-refractivity contribution in [3.8, 4) is 50.8 Å². The zero-order chi connectivity index (χ0) is 40.5. The van der Waals surface area contributed by atoms with Crippen molar-refractivity contribution in [3.63, 3.8) is 0 Å². The molecular weight excluding hydrogens is 887 g/mol. The summed E-state index contributed by atoms with van der Waals surface area (Å²) < 4.78 is 6.69. The van der Waals surface area contributed by atoms with Crippen LogP contribution in [0.3, 0.4) is 0 Å². The monoisotopic (exact) mass is 936 g/mol. The van der Waals surface area contributed by atoms with Gasteiger partial charge in [-0.1, -0.05) is 158 Å². The van der Waals surface area contributed by atoms with Gasteiger partial charge in [-0.15, -0.1) is 53.1 Å². The molecule has 0 spiro atoms. The van der Waals surface area contributed by atoms with Crippen molar-refractivity contribution in [1.29, 1.82) is 5.26 Å². The third-order valence-electron chi connectivity index (χ3n) is 10.4. The molecule has 3 aromatic heterocycles. The first-order valence-electron chi connectivity index (χ1n) is 19.5. The second-order valence-electron chi connectivity index (χ2n) is 17.7. The Balaban J connectivity index is 0.000000230. The molecule has 0 aliphatic heterocycles. The summed E-state index contributed by atoms with van der Waals surface area (Å²) in [6, 6.07) is 50.2. The molecule has 0 unspecified atom stereocenters. The first-order chi connectivity index (χ1) is 27.1. The minimum Gasteiger partial charge on any atom is -0.500 e. The van der Waals surface area contributed by atoms with Gasteiger partial charge in [0.25, 0.3) is 0 Å². The molecule has 0 saturated heterocycles. The fourth-order valence-electron chi connectivity index (χ4n) is 7.10. The van der Waals surface area contributed by atoms with Crippen LogP contribution in [0.4, 0.5) is 0 Å². The van der Waals surface area contributed by atoms with Crippen LogP contribution in [0.15, 0.2) is 138 Å². The van der Waals surface area contributed by atoms with Crippen LogP contribution in [-0.2, 0) is 36.4 Å². The number of rotatable bonds is 4. The van der Waals surface area contributed by atoms with E-state index in [9.17, 15) is 5.26 Å². The molecule has 0 bridgehead atoms. The van der Waals surface area contributed by atoms with E-state index in [0.717, 1.165) is 66.7 Å². The number of hydrogen-bond donors (Lipinski definition) is 0. The SMILES string of the molecule is CC(C)(C)c1c[c-]c(-c2ccccn2)c2oc3c(-c4ccc(-c5ccccc5)cc4)c(C#N)ccc3c12.CC(C)(C)c1ccc(-c2[c-]ccc(C(C)(C)C)c2)nc1.[Ir]. The average molecular weight is 936 g/mol. The molecule has 0 saturated carbocycles. The van der Waals surface area contributed by atoms with Gasteiger partial charge in [0.2, 0.25) is 0 Å². The number of furan rings is 1. The molecule has 0 aliphatic rings. The van der Waals surface area contributed by atoms with E-state index in [1.54, 1.807) is 6.20 Å². The summed E-state index contributed by atoms with van der Waals surface area (Å²) in [7, 11) is 0. The van der Waals surface area contributed by atoms with Gasteiger partial charge in [0.15, 0.2) is 0 Å². The number of nitriles is 1. The smallest absolute Gasteiger partial charge is 0.130 e. The Hall–Kier alpha value is -5.66. The molecule has 0 aliphatic carbocycles. The van der Waals surface area contributed by atoms with Crippen LogP contribution in [0.1, 0.15) is 84.6 Å². The van der Waals surface area contributed by atoms with E-state index in [1.807, 2.05) is 60.8 Å². The molecule has 58 heavy (non-hydrogen) atoms. The second kappa shape index (κ2) is 16.7. The van der Waals surface area contributed by atoms with E-state index in [2.05, 4.69) is 157 Å². The van der Waals surface area contributed by atoms with Gasteiger partial charge in [-0.25, -0.2) is 0 Å². The van der Waals surface area contributed by atoms with Crippen molar-refractivity contribution in [2.45, 2.75) is 78.6 Å². The largest absolute Gasteiger partial charge is 0.500 e. The maximum atomic E-state index is 10.1. The predicted molar refractivity (Wildman–Crippen MR) is 236 cm³/mol. The average Bonchev–Trinajstić information content (AvgIpc) is 3.60. The number of aromatic nitrogens is 2. The molecule has 8 rings (SSSR count). The van der Waals surface area contributed by atoms with Crippen LogP contribution in [0.25, 0.3) is 66.7 Å². The van der Waals surface area contributed by atoms with E-state index in [-0.39, 0.29) is 36.4 Å². The van der Waals surface area contributed by atoms with Crippen molar-refractivity contribution < 1.29 is 24.5 Å². The molecule has 0 amide bonds. The van der Waals surface area contributed by atoms with Gasteiger partial charge in [0.1, 0.15) is 5.58 Å². The van der Waals surface area contributed by atoms with Crippen LogP contribution in [-0.4, -0.2) is 9.97 Å². The maximum Gasteiger partial charge on any atom is 0.130 e. The van der Waals surface area contributed by atoms with E-state index in [1.165, 1.54) is 11.1 Å². The quantitative estimate of drug-likeness (QED) is 0.165. The molecule has 3 heterocycles. The normalized spacial score (nSPS) is 11.7. The van der Waals surface area contributed by atoms with Crippen molar-refractivity contribution in [1.82, 2.24) is 9.97 Å². The molecule has 4 nitrogen and oxygen atoms in total. The minimum atomic E-state index is -0.125. The molecule has 293 valence electrons. The number of benzene rings is 5. The van der Waals surface area contributed by atoms with Crippen molar-refractivity contribution in [2.24, 2.45) is 0 Å². The van der Waals surface area contributed by atoms with Crippen LogP contribution in [0.2, 0.25) is 0 Å². The van der Waals surface area contributed by atoms with Gasteiger partial charge in [0.05, 0.1) is 17.2 Å². The number of hydrogen-bond acceptors (Lipinski definition) is 4. The summed E-state index contributed by atoms with van der Waals surface area (Å²) in [6.45, 7) is 19.9. The molecule has 5 heteroatoms. The Morgan fingerprint density at radius 3 is 1.88 bits per heavy atom. The predicted octanol–water partition coefficient (Wildman–Crippen LogP) is 14.1. The van der Waals surface area contributed by atoms with Crippen molar-refractivity contribution in [2.75, 3.05) is 0 Å². The van der Waals surface area contributed by atoms with Crippen LogP contribution in [0.5, 0.6) is 0 Å². The Kier molecular flexibility index (Phi) is 12.1. The second-order valence-corrected chi connectivity index (χ2v) is 17.7. The molecule has 8 aromatic rings. The molecule has 0 atom stereocenters. The van der Waals surface area contributed by atoms with Gasteiger partial charge in [-0.3, -0.25) is 0 Å². The van der Waals surface area contributed by atoms with Crippen molar-refractivity contribution in [3.05, 3.63) is 168 Å². The van der Waals surface area contributed by atoms with Crippen LogP contribution < -0.4 is 0 Å². The summed E-state index contributed by atoms with van der Waals surface area (Å²) in [4.78, 5) is 9.18. The Morgan fingerprint density at radius 2 is 1.28 bits per heavy atom. The number of pyridine rings is 2. The van der Waals surface area contributed by atoms with Gasteiger partial charge in [-0.05, 0) is 62.0 Å². The fourth-order valence-corrected chi connectivity index (χ4v) is 7.10. The maximum absolute atomic E-state index is 10.1. The Bertz CT molecular complexity index is 2700. The molecule has 1 radical (unpaired) electrons. The summed E-state index contributed by atoms with van der Waals surface area (Å²) in [5.41, 5.74) is 13.6. The zero-order valence-corrected chi connectivity index (χ0v) is 37.2. The van der Waals surface area contributed by atoms with E-state index < -0.39 is 0 Å². The fraction of sp³-hybridized carbons (Fsp3) is 0.226.